The Balaban J connectivity index is 2.66. The van der Waals surface area contributed by atoms with E-state index in [4.69, 9.17) is 5.53 Å². The largest absolute Gasteiger partial charge is 0.361 e. The molecule has 0 N–H and O–H groups in total. The molecule has 0 saturated heterocycles. The number of nitrogens with zero attached hydrogens (tertiary/aromatic N) is 4. The highest BCUT2D eigenvalue weighted by Crippen LogP contribution is 2.19. The Hall–Kier alpha value is -2.86. The van der Waals surface area contributed by atoms with Crippen molar-refractivity contribution in [1.29, 1.82) is 0 Å². The zero-order valence-corrected chi connectivity index (χ0v) is 10.7. The van der Waals surface area contributed by atoms with Crippen LogP contribution in [0.1, 0.15) is 12.8 Å². The van der Waals surface area contributed by atoms with Crippen molar-refractivity contribution in [3.05, 3.63) is 39.9 Å². The first kappa shape index (κ1) is 15.2. The first-order valence-electron chi connectivity index (χ1n) is 5.67. The van der Waals surface area contributed by atoms with Crippen LogP contribution in [0, 0.1) is 10.1 Å². The molecule has 0 atom stereocenters. The van der Waals surface area contributed by atoms with Crippen molar-refractivity contribution in [2.75, 3.05) is 11.9 Å². The lowest BCUT2D eigenvalue weighted by Crippen LogP contribution is -2.26. The van der Waals surface area contributed by atoms with Crippen LogP contribution in [0.5, 0.6) is 0 Å². The maximum absolute atomic E-state index is 11.8. The number of non-ortho nitro benzene ring substituents is 1. The van der Waals surface area contributed by atoms with Crippen LogP contribution in [-0.2, 0) is 9.59 Å². The van der Waals surface area contributed by atoms with Crippen LogP contribution in [-0.4, -0.2) is 34.7 Å². The summed E-state index contributed by atoms with van der Waals surface area (Å²) in [5.41, 5.74) is 8.58. The smallest absolute Gasteiger partial charge is 0.323 e. The van der Waals surface area contributed by atoms with Gasteiger partial charge in [-0.3, -0.25) is 19.7 Å². The molecule has 1 rings (SSSR count). The van der Waals surface area contributed by atoms with Crippen LogP contribution in [0.3, 0.4) is 0 Å². The minimum Gasteiger partial charge on any atom is -0.361 e. The predicted octanol–water partition coefficient (Wildman–Crippen LogP) is 1.21. The SMILES string of the molecule is CN(C(=O)CCC(=O)C=[N+]=[N-])c1ccc([N+](=O)[O-])cc1. The monoisotopic (exact) mass is 276 g/mol. The highest BCUT2D eigenvalue weighted by Gasteiger charge is 2.14. The molecule has 0 radical (unpaired) electrons. The summed E-state index contributed by atoms with van der Waals surface area (Å²) in [6, 6.07) is 5.49. The maximum Gasteiger partial charge on any atom is 0.323 e. The molecule has 0 saturated carbocycles. The highest BCUT2D eigenvalue weighted by molar-refractivity contribution is 6.25. The number of ketones is 1. The Kier molecular flexibility index (Phi) is 5.25. The topological polar surface area (TPSA) is 117 Å². The van der Waals surface area contributed by atoms with Gasteiger partial charge in [0, 0.05) is 37.7 Å². The van der Waals surface area contributed by atoms with Crippen LogP contribution >= 0.6 is 0 Å². The molecule has 0 aromatic heterocycles. The third-order valence-electron chi connectivity index (χ3n) is 2.61. The molecule has 1 amide bonds. The minimum atomic E-state index is -0.529. The van der Waals surface area contributed by atoms with Gasteiger partial charge in [0.15, 0.2) is 0 Å². The molecule has 0 heterocycles. The summed E-state index contributed by atoms with van der Waals surface area (Å²) in [7, 11) is 1.51. The molecule has 20 heavy (non-hydrogen) atoms. The fourth-order valence-corrected chi connectivity index (χ4v) is 1.47. The fourth-order valence-electron chi connectivity index (χ4n) is 1.47. The van der Waals surface area contributed by atoms with Gasteiger partial charge in [-0.15, -0.1) is 0 Å². The van der Waals surface area contributed by atoms with Gasteiger partial charge in [-0.2, -0.15) is 4.79 Å². The Labute approximate surface area is 114 Å². The number of anilines is 1. The van der Waals surface area contributed by atoms with Gasteiger partial charge in [-0.05, 0) is 12.1 Å². The van der Waals surface area contributed by atoms with Gasteiger partial charge in [-0.1, -0.05) is 0 Å². The Bertz CT molecular complexity index is 576. The second kappa shape index (κ2) is 6.91. The number of nitro benzene ring substituents is 1. The van der Waals surface area contributed by atoms with Crippen molar-refractivity contribution in [2.45, 2.75) is 12.8 Å². The zero-order valence-electron chi connectivity index (χ0n) is 10.7. The standard InChI is InChI=1S/C12H12N4O4/c1-15(12(18)7-6-11(17)8-14-13)9-2-4-10(5-3-9)16(19)20/h2-5,8H,6-7H2,1H3. The molecule has 8 nitrogen and oxygen atoms in total. The van der Waals surface area contributed by atoms with Crippen LogP contribution in [0.2, 0.25) is 0 Å². The van der Waals surface area contributed by atoms with Gasteiger partial charge >= 0.3 is 6.21 Å². The number of Topliss-reactive ketones (excluding diaryl/α,β-unsaturated/α-hetero) is 1. The molecule has 8 heteroatoms. The molecule has 0 aliphatic rings. The average molecular weight is 276 g/mol. The van der Waals surface area contributed by atoms with Crippen molar-refractivity contribution in [3.8, 4) is 0 Å². The van der Waals surface area contributed by atoms with Crippen LogP contribution < -0.4 is 4.90 Å². The van der Waals surface area contributed by atoms with E-state index in [1.807, 2.05) is 0 Å². The van der Waals surface area contributed by atoms with Crippen LogP contribution in [0.4, 0.5) is 11.4 Å². The summed E-state index contributed by atoms with van der Waals surface area (Å²) < 4.78 is 0. The van der Waals surface area contributed by atoms with Gasteiger partial charge < -0.3 is 10.4 Å². The number of rotatable bonds is 6. The van der Waals surface area contributed by atoms with Crippen molar-refractivity contribution < 1.29 is 19.3 Å². The third kappa shape index (κ3) is 4.11. The summed E-state index contributed by atoms with van der Waals surface area (Å²) in [6.07, 6.45) is 0.623. The van der Waals surface area contributed by atoms with Gasteiger partial charge in [0.2, 0.25) is 11.7 Å². The second-order valence-electron chi connectivity index (χ2n) is 3.94. The first-order valence-corrected chi connectivity index (χ1v) is 5.67. The van der Waals surface area contributed by atoms with Crippen molar-refractivity contribution in [3.63, 3.8) is 0 Å². The Morgan fingerprint density at radius 3 is 2.45 bits per heavy atom. The molecular weight excluding hydrogens is 264 g/mol. The van der Waals surface area contributed by atoms with Gasteiger partial charge in [-0.25, -0.2) is 0 Å². The zero-order chi connectivity index (χ0) is 15.1. The summed E-state index contributed by atoms with van der Waals surface area (Å²) in [5, 5.41) is 10.5. The summed E-state index contributed by atoms with van der Waals surface area (Å²) in [4.78, 5) is 36.7. The van der Waals surface area contributed by atoms with E-state index < -0.39 is 10.7 Å². The molecule has 0 spiro atoms. The van der Waals surface area contributed by atoms with E-state index in [9.17, 15) is 19.7 Å². The van der Waals surface area contributed by atoms with E-state index in [2.05, 4.69) is 4.79 Å². The molecule has 0 unspecified atom stereocenters. The molecule has 0 bridgehead atoms. The van der Waals surface area contributed by atoms with E-state index in [-0.39, 0.29) is 24.4 Å². The lowest BCUT2D eigenvalue weighted by molar-refractivity contribution is -0.384. The molecule has 1 aromatic rings. The predicted molar refractivity (Wildman–Crippen MR) is 70.4 cm³/mol. The Morgan fingerprint density at radius 2 is 1.95 bits per heavy atom. The molecule has 1 aromatic carbocycles. The maximum atomic E-state index is 11.8. The molecule has 0 aliphatic heterocycles. The average Bonchev–Trinajstić information content (AvgIpc) is 2.44. The number of benzene rings is 1. The van der Waals surface area contributed by atoms with E-state index >= 15 is 0 Å². The van der Waals surface area contributed by atoms with Gasteiger partial charge in [0.25, 0.3) is 5.69 Å². The van der Waals surface area contributed by atoms with Crippen molar-refractivity contribution >= 4 is 29.3 Å². The van der Waals surface area contributed by atoms with E-state index in [1.54, 1.807) is 0 Å². The highest BCUT2D eigenvalue weighted by atomic mass is 16.6. The molecular formula is C12H12N4O4. The lowest BCUT2D eigenvalue weighted by Gasteiger charge is -2.16. The fraction of sp³-hybridized carbons (Fsp3) is 0.250. The normalized spacial score (nSPS) is 9.45. The minimum absolute atomic E-state index is 0.0433. The lowest BCUT2D eigenvalue weighted by atomic mass is 10.2. The number of amides is 1. The van der Waals surface area contributed by atoms with E-state index in [0.717, 1.165) is 6.21 Å². The number of hydrogen-bond acceptors (Lipinski definition) is 4. The summed E-state index contributed by atoms with van der Waals surface area (Å²) in [5.74, 6) is -0.781. The van der Waals surface area contributed by atoms with E-state index in [1.165, 1.54) is 36.2 Å². The van der Waals surface area contributed by atoms with Gasteiger partial charge in [0.05, 0.1) is 4.92 Å². The first-order chi connectivity index (χ1) is 9.45. The van der Waals surface area contributed by atoms with Crippen LogP contribution in [0.15, 0.2) is 24.3 Å². The number of carbonyl (C=O) groups excluding carboxylic acids is 2. The number of carbonyl (C=O) groups is 2. The van der Waals surface area contributed by atoms with Crippen molar-refractivity contribution in [1.82, 2.24) is 0 Å². The number of hydrogen-bond donors (Lipinski definition) is 0. The van der Waals surface area contributed by atoms with Gasteiger partial charge in [0.1, 0.15) is 0 Å². The number of nitro groups is 1. The molecule has 0 fully saturated rings. The van der Waals surface area contributed by atoms with Crippen molar-refractivity contribution in [2.24, 2.45) is 0 Å². The quantitative estimate of drug-likeness (QED) is 0.255. The second-order valence-corrected chi connectivity index (χ2v) is 3.94. The van der Waals surface area contributed by atoms with E-state index in [0.29, 0.717) is 5.69 Å². The van der Waals surface area contributed by atoms with Crippen LogP contribution in [0.25, 0.3) is 5.53 Å². The molecule has 104 valence electrons. The Morgan fingerprint density at radius 1 is 1.35 bits per heavy atom. The summed E-state index contributed by atoms with van der Waals surface area (Å²) >= 11 is 0. The third-order valence-corrected chi connectivity index (χ3v) is 2.61. The summed E-state index contributed by atoms with van der Waals surface area (Å²) in [6.45, 7) is 0. The molecule has 0 aliphatic carbocycles.